The Labute approximate surface area is 128 Å². The summed E-state index contributed by atoms with van der Waals surface area (Å²) in [7, 11) is 0. The third-order valence-electron chi connectivity index (χ3n) is 4.96. The smallest absolute Gasteiger partial charge is 0.317 e. The van der Waals surface area contributed by atoms with Gasteiger partial charge in [-0.15, -0.1) is 0 Å². The molecule has 0 aromatic carbocycles. The van der Waals surface area contributed by atoms with Crippen molar-refractivity contribution >= 4 is 6.03 Å². The molecule has 2 unspecified atom stereocenters. The van der Waals surface area contributed by atoms with Gasteiger partial charge in [0.1, 0.15) is 0 Å². The molecule has 5 heteroatoms. The van der Waals surface area contributed by atoms with Gasteiger partial charge in [-0.3, -0.25) is 4.90 Å². The van der Waals surface area contributed by atoms with Crippen molar-refractivity contribution in [2.24, 2.45) is 5.92 Å². The van der Waals surface area contributed by atoms with E-state index in [-0.39, 0.29) is 12.6 Å². The topological polar surface area (TPSA) is 55.8 Å². The van der Waals surface area contributed by atoms with E-state index in [0.717, 1.165) is 45.4 Å². The van der Waals surface area contributed by atoms with Crippen LogP contribution in [0.25, 0.3) is 0 Å². The van der Waals surface area contributed by atoms with Crippen molar-refractivity contribution in [2.75, 3.05) is 39.3 Å². The molecule has 0 aliphatic carbocycles. The maximum atomic E-state index is 12.2. The van der Waals surface area contributed by atoms with Gasteiger partial charge < -0.3 is 15.3 Å². The number of amides is 2. The highest BCUT2D eigenvalue weighted by molar-refractivity contribution is 5.74. The van der Waals surface area contributed by atoms with Crippen LogP contribution in [-0.4, -0.2) is 66.3 Å². The van der Waals surface area contributed by atoms with Crippen molar-refractivity contribution in [2.45, 2.75) is 51.5 Å². The molecule has 2 aliphatic rings. The summed E-state index contributed by atoms with van der Waals surface area (Å²) in [6.45, 7) is 7.03. The van der Waals surface area contributed by atoms with Crippen molar-refractivity contribution in [1.82, 2.24) is 15.1 Å². The Morgan fingerprint density at radius 3 is 2.86 bits per heavy atom. The van der Waals surface area contributed by atoms with Gasteiger partial charge in [-0.25, -0.2) is 4.79 Å². The minimum absolute atomic E-state index is 0.0716. The fraction of sp³-hybridized carbons (Fsp3) is 0.938. The number of nitrogens with one attached hydrogen (secondary N) is 1. The number of carbonyl (C=O) groups excluding carboxylic acids is 1. The Morgan fingerprint density at radius 1 is 1.24 bits per heavy atom. The first-order valence-electron chi connectivity index (χ1n) is 8.58. The van der Waals surface area contributed by atoms with Crippen LogP contribution in [0.5, 0.6) is 0 Å². The lowest BCUT2D eigenvalue weighted by Gasteiger charge is -2.34. The van der Waals surface area contributed by atoms with Gasteiger partial charge in [0.15, 0.2) is 0 Å². The summed E-state index contributed by atoms with van der Waals surface area (Å²) >= 11 is 0. The van der Waals surface area contributed by atoms with E-state index in [4.69, 9.17) is 5.11 Å². The highest BCUT2D eigenvalue weighted by Gasteiger charge is 2.23. The van der Waals surface area contributed by atoms with Crippen LogP contribution in [0.3, 0.4) is 0 Å². The van der Waals surface area contributed by atoms with E-state index in [2.05, 4.69) is 17.1 Å². The second kappa shape index (κ2) is 8.59. The zero-order valence-electron chi connectivity index (χ0n) is 13.4. The number of nitrogens with zero attached hydrogens (tertiary/aromatic N) is 2. The van der Waals surface area contributed by atoms with Crippen LogP contribution in [0, 0.1) is 5.92 Å². The van der Waals surface area contributed by atoms with Crippen molar-refractivity contribution in [3.63, 3.8) is 0 Å². The molecule has 2 heterocycles. The minimum atomic E-state index is 0.0716. The number of carbonyl (C=O) groups is 1. The van der Waals surface area contributed by atoms with E-state index < -0.39 is 0 Å². The van der Waals surface area contributed by atoms with E-state index in [1.807, 2.05) is 4.90 Å². The maximum absolute atomic E-state index is 12.2. The SMILES string of the molecule is CC1CCCCN1CCNC(=O)N1CCCC(CCO)C1. The van der Waals surface area contributed by atoms with Crippen LogP contribution in [-0.2, 0) is 0 Å². The lowest BCUT2D eigenvalue weighted by Crippen LogP contribution is -2.48. The molecular formula is C16H31N3O2. The van der Waals surface area contributed by atoms with Gasteiger partial charge in [-0.1, -0.05) is 6.42 Å². The summed E-state index contributed by atoms with van der Waals surface area (Å²) in [5.74, 6) is 0.469. The molecule has 0 radical (unpaired) electrons. The number of aliphatic hydroxyl groups excluding tert-OH is 1. The highest BCUT2D eigenvalue weighted by Crippen LogP contribution is 2.19. The van der Waals surface area contributed by atoms with Gasteiger partial charge in [0.05, 0.1) is 0 Å². The molecule has 2 rings (SSSR count). The van der Waals surface area contributed by atoms with Gasteiger partial charge in [-0.05, 0) is 51.5 Å². The van der Waals surface area contributed by atoms with Gasteiger partial charge in [0.25, 0.3) is 0 Å². The first-order valence-corrected chi connectivity index (χ1v) is 8.58. The molecule has 21 heavy (non-hydrogen) atoms. The number of rotatable bonds is 5. The zero-order valence-corrected chi connectivity index (χ0v) is 13.4. The van der Waals surface area contributed by atoms with Crippen molar-refractivity contribution < 1.29 is 9.90 Å². The normalized spacial score (nSPS) is 27.6. The molecule has 2 amide bonds. The highest BCUT2D eigenvalue weighted by atomic mass is 16.3. The fourth-order valence-corrected chi connectivity index (χ4v) is 3.58. The Morgan fingerprint density at radius 2 is 2.10 bits per heavy atom. The minimum Gasteiger partial charge on any atom is -0.396 e. The van der Waals surface area contributed by atoms with Crippen molar-refractivity contribution in [3.8, 4) is 0 Å². The average molecular weight is 297 g/mol. The third-order valence-corrected chi connectivity index (χ3v) is 4.96. The Bertz CT molecular complexity index is 323. The first kappa shape index (κ1) is 16.6. The largest absolute Gasteiger partial charge is 0.396 e. The van der Waals surface area contributed by atoms with Crippen LogP contribution >= 0.6 is 0 Å². The Kier molecular flexibility index (Phi) is 6.77. The molecule has 2 atom stereocenters. The molecule has 122 valence electrons. The average Bonchev–Trinajstić information content (AvgIpc) is 2.50. The number of hydrogen-bond acceptors (Lipinski definition) is 3. The molecule has 0 spiro atoms. The standard InChI is InChI=1S/C16H31N3O2/c1-14-5-2-3-9-18(14)11-8-17-16(21)19-10-4-6-15(13-19)7-12-20/h14-15,20H,2-13H2,1H3,(H,17,21). The quantitative estimate of drug-likeness (QED) is 0.811. The number of hydrogen-bond donors (Lipinski definition) is 2. The summed E-state index contributed by atoms with van der Waals surface area (Å²) in [5, 5.41) is 12.1. The molecule has 0 saturated carbocycles. The van der Waals surface area contributed by atoms with Gasteiger partial charge in [0.2, 0.25) is 0 Å². The third kappa shape index (κ3) is 5.15. The van der Waals surface area contributed by atoms with E-state index in [9.17, 15) is 4.79 Å². The predicted octanol–water partition coefficient (Wildman–Crippen LogP) is 1.66. The summed E-state index contributed by atoms with van der Waals surface area (Å²) in [6, 6.07) is 0.724. The molecular weight excluding hydrogens is 266 g/mol. The number of urea groups is 1. The molecule has 2 fully saturated rings. The summed E-state index contributed by atoms with van der Waals surface area (Å²) < 4.78 is 0. The number of piperidine rings is 2. The molecule has 5 nitrogen and oxygen atoms in total. The molecule has 0 aromatic heterocycles. The molecule has 2 aliphatic heterocycles. The molecule has 0 aromatic rings. The predicted molar refractivity (Wildman–Crippen MR) is 84.3 cm³/mol. The molecule has 2 N–H and O–H groups in total. The maximum Gasteiger partial charge on any atom is 0.317 e. The lowest BCUT2D eigenvalue weighted by atomic mass is 9.95. The van der Waals surface area contributed by atoms with E-state index >= 15 is 0 Å². The van der Waals surface area contributed by atoms with Crippen LogP contribution < -0.4 is 5.32 Å². The number of likely N-dealkylation sites (tertiary alicyclic amines) is 2. The van der Waals surface area contributed by atoms with E-state index in [0.29, 0.717) is 12.0 Å². The second-order valence-electron chi connectivity index (χ2n) is 6.58. The molecule has 0 bridgehead atoms. The van der Waals surface area contributed by atoms with Crippen molar-refractivity contribution in [1.29, 1.82) is 0 Å². The zero-order chi connectivity index (χ0) is 15.1. The lowest BCUT2D eigenvalue weighted by molar-refractivity contribution is 0.142. The Balaban J connectivity index is 1.66. The molecule has 2 saturated heterocycles. The van der Waals surface area contributed by atoms with E-state index in [1.165, 1.54) is 25.8 Å². The van der Waals surface area contributed by atoms with E-state index in [1.54, 1.807) is 0 Å². The van der Waals surface area contributed by atoms with Gasteiger partial charge >= 0.3 is 6.03 Å². The summed E-state index contributed by atoms with van der Waals surface area (Å²) in [5.41, 5.74) is 0. The first-order chi connectivity index (χ1) is 10.2. The second-order valence-corrected chi connectivity index (χ2v) is 6.58. The summed E-state index contributed by atoms with van der Waals surface area (Å²) in [6.07, 6.45) is 6.91. The number of aliphatic hydroxyl groups is 1. The van der Waals surface area contributed by atoms with Crippen LogP contribution in [0.4, 0.5) is 4.79 Å². The van der Waals surface area contributed by atoms with Crippen LogP contribution in [0.2, 0.25) is 0 Å². The van der Waals surface area contributed by atoms with Crippen LogP contribution in [0.15, 0.2) is 0 Å². The van der Waals surface area contributed by atoms with Crippen molar-refractivity contribution in [3.05, 3.63) is 0 Å². The monoisotopic (exact) mass is 297 g/mol. The van der Waals surface area contributed by atoms with Crippen LogP contribution in [0.1, 0.15) is 45.4 Å². The van der Waals surface area contributed by atoms with Gasteiger partial charge in [0, 0.05) is 38.8 Å². The Hall–Kier alpha value is -0.810. The fourth-order valence-electron chi connectivity index (χ4n) is 3.58. The summed E-state index contributed by atoms with van der Waals surface area (Å²) in [4.78, 5) is 16.6. The van der Waals surface area contributed by atoms with Gasteiger partial charge in [-0.2, -0.15) is 0 Å².